The van der Waals surface area contributed by atoms with Gasteiger partial charge in [0.25, 0.3) is 10.0 Å². The lowest BCUT2D eigenvalue weighted by Crippen LogP contribution is -2.13. The van der Waals surface area contributed by atoms with Gasteiger partial charge >= 0.3 is 0 Å². The maximum Gasteiger partial charge on any atom is 0.261 e. The molecule has 0 aliphatic rings. The molecule has 3 heterocycles. The number of hydrogen-bond donors (Lipinski definition) is 2. The Morgan fingerprint density at radius 2 is 1.63 bits per heavy atom. The third-order valence-electron chi connectivity index (χ3n) is 5.53. The number of nitrogens with one attached hydrogen (secondary N) is 2. The molecule has 5 rings (SSSR count). The van der Waals surface area contributed by atoms with E-state index in [1.807, 2.05) is 43.3 Å². The number of anilines is 2. The maximum atomic E-state index is 12.8. The number of pyridine rings is 2. The minimum atomic E-state index is -3.82. The highest BCUT2D eigenvalue weighted by molar-refractivity contribution is 7.92. The molecule has 10 heteroatoms. The van der Waals surface area contributed by atoms with Crippen molar-refractivity contribution in [1.29, 1.82) is 0 Å². The molecule has 3 aromatic heterocycles. The van der Waals surface area contributed by atoms with E-state index in [-0.39, 0.29) is 15.7 Å². The van der Waals surface area contributed by atoms with Crippen LogP contribution in [0.1, 0.15) is 0 Å². The van der Waals surface area contributed by atoms with Gasteiger partial charge in [-0.15, -0.1) is 0 Å². The fourth-order valence-electron chi connectivity index (χ4n) is 3.70. The summed E-state index contributed by atoms with van der Waals surface area (Å²) < 4.78 is 28.1. The zero-order valence-electron chi connectivity index (χ0n) is 18.9. The average Bonchev–Trinajstić information content (AvgIpc) is 3.29. The number of nitrogens with zero attached hydrogens (tertiary/aromatic N) is 4. The molecule has 176 valence electrons. The van der Waals surface area contributed by atoms with Crippen molar-refractivity contribution in [3.63, 3.8) is 0 Å². The molecule has 0 spiro atoms. The number of rotatable bonds is 6. The van der Waals surface area contributed by atoms with E-state index >= 15 is 0 Å². The molecule has 0 saturated carbocycles. The topological polar surface area (TPSA) is 104 Å². The van der Waals surface area contributed by atoms with Crippen LogP contribution >= 0.6 is 11.6 Å². The van der Waals surface area contributed by atoms with Gasteiger partial charge in [0, 0.05) is 54.3 Å². The first kappa shape index (κ1) is 22.8. The van der Waals surface area contributed by atoms with Crippen LogP contribution < -0.4 is 9.62 Å². The van der Waals surface area contributed by atoms with Crippen molar-refractivity contribution in [3.05, 3.63) is 84.3 Å². The predicted octanol–water partition coefficient (Wildman–Crippen LogP) is 5.21. The summed E-state index contributed by atoms with van der Waals surface area (Å²) in [7, 11) is 0.151. The second-order valence-corrected chi connectivity index (χ2v) is 10.2. The lowest BCUT2D eigenvalue weighted by Gasteiger charge is -2.13. The molecule has 0 aliphatic carbocycles. The van der Waals surface area contributed by atoms with E-state index in [4.69, 9.17) is 11.6 Å². The Morgan fingerprint density at radius 3 is 2.40 bits per heavy atom. The van der Waals surface area contributed by atoms with E-state index in [1.165, 1.54) is 12.1 Å². The van der Waals surface area contributed by atoms with Crippen molar-refractivity contribution in [2.24, 2.45) is 0 Å². The Labute approximate surface area is 207 Å². The molecule has 0 saturated heterocycles. The highest BCUT2D eigenvalue weighted by Crippen LogP contribution is 2.33. The molecule has 2 N–H and O–H groups in total. The number of halogens is 1. The standard InChI is InChI=1S/C25H21ClN6O2S/c1-32(2)19-8-6-7-16(11-19)23-21-12-17(15-28-25(21)30-29-23)18-13-22(24(26)27-14-18)31-35(33,34)20-9-4-3-5-10-20/h3-15,31H,1-2H3,(H,28,29,30). The highest BCUT2D eigenvalue weighted by Gasteiger charge is 2.17. The molecule has 8 nitrogen and oxygen atoms in total. The number of fused-ring (bicyclic) bond motifs is 1. The molecule has 35 heavy (non-hydrogen) atoms. The summed E-state index contributed by atoms with van der Waals surface area (Å²) in [5.74, 6) is 0. The van der Waals surface area contributed by atoms with Crippen LogP contribution in [0.15, 0.2) is 84.0 Å². The van der Waals surface area contributed by atoms with E-state index in [0.29, 0.717) is 11.2 Å². The predicted molar refractivity (Wildman–Crippen MR) is 139 cm³/mol. The van der Waals surface area contributed by atoms with E-state index in [0.717, 1.165) is 27.9 Å². The Hall–Kier alpha value is -3.95. The molecule has 0 aliphatic heterocycles. The SMILES string of the molecule is CN(C)c1cccc(-c2[nH]nc3ncc(-c4cnc(Cl)c(NS(=O)(=O)c5ccccc5)c4)cc23)c1. The Balaban J connectivity index is 1.54. The molecular weight excluding hydrogens is 484 g/mol. The fraction of sp³-hybridized carbons (Fsp3) is 0.0800. The second kappa shape index (κ2) is 9.01. The zero-order chi connectivity index (χ0) is 24.6. The highest BCUT2D eigenvalue weighted by atomic mass is 35.5. The van der Waals surface area contributed by atoms with Crippen molar-refractivity contribution < 1.29 is 8.42 Å². The third kappa shape index (κ3) is 4.55. The molecule has 0 amide bonds. The smallest absolute Gasteiger partial charge is 0.261 e. The quantitative estimate of drug-likeness (QED) is 0.308. The summed E-state index contributed by atoms with van der Waals surface area (Å²) in [4.78, 5) is 10.8. The number of sulfonamides is 1. The molecule has 0 radical (unpaired) electrons. The zero-order valence-corrected chi connectivity index (χ0v) is 20.5. The van der Waals surface area contributed by atoms with Crippen LogP contribution in [-0.4, -0.2) is 42.7 Å². The van der Waals surface area contributed by atoms with Crippen molar-refractivity contribution >= 4 is 44.0 Å². The Morgan fingerprint density at radius 1 is 0.886 bits per heavy atom. The summed E-state index contributed by atoms with van der Waals surface area (Å²) in [5.41, 5.74) is 5.03. The van der Waals surface area contributed by atoms with Crippen molar-refractivity contribution in [1.82, 2.24) is 20.2 Å². The molecule has 0 atom stereocenters. The van der Waals surface area contributed by atoms with E-state index in [2.05, 4.69) is 31.0 Å². The molecular formula is C25H21ClN6O2S. The van der Waals surface area contributed by atoms with Crippen LogP contribution in [0, 0.1) is 0 Å². The molecule has 2 aromatic carbocycles. The third-order valence-corrected chi connectivity index (χ3v) is 7.21. The van der Waals surface area contributed by atoms with Gasteiger partial charge in [-0.3, -0.25) is 9.82 Å². The number of aromatic nitrogens is 4. The Bertz CT molecular complexity index is 1630. The van der Waals surface area contributed by atoms with Gasteiger partial charge in [-0.1, -0.05) is 41.9 Å². The Kier molecular flexibility index (Phi) is 5.88. The summed E-state index contributed by atoms with van der Waals surface area (Å²) in [6.07, 6.45) is 3.25. The first-order chi connectivity index (χ1) is 16.8. The van der Waals surface area contributed by atoms with Gasteiger partial charge in [-0.25, -0.2) is 18.4 Å². The van der Waals surface area contributed by atoms with Crippen LogP contribution in [0.4, 0.5) is 11.4 Å². The van der Waals surface area contributed by atoms with Crippen LogP contribution in [0.2, 0.25) is 5.15 Å². The second-order valence-electron chi connectivity index (χ2n) is 8.12. The summed E-state index contributed by atoms with van der Waals surface area (Å²) in [6, 6.07) is 19.8. The van der Waals surface area contributed by atoms with E-state index < -0.39 is 10.0 Å². The molecule has 0 bridgehead atoms. The van der Waals surface area contributed by atoms with Crippen LogP contribution in [0.25, 0.3) is 33.4 Å². The molecule has 0 fully saturated rings. The number of benzene rings is 2. The van der Waals surface area contributed by atoms with Gasteiger partial charge in [0.2, 0.25) is 0 Å². The first-order valence-electron chi connectivity index (χ1n) is 10.7. The fourth-order valence-corrected chi connectivity index (χ4v) is 4.98. The van der Waals surface area contributed by atoms with Gasteiger partial charge in [-0.05, 0) is 36.4 Å². The van der Waals surface area contributed by atoms with Gasteiger partial charge in [0.05, 0.1) is 16.3 Å². The summed E-state index contributed by atoms with van der Waals surface area (Å²) in [5, 5.41) is 8.31. The molecule has 0 unspecified atom stereocenters. The number of H-pyrrole nitrogens is 1. The van der Waals surface area contributed by atoms with Crippen molar-refractivity contribution in [2.75, 3.05) is 23.7 Å². The maximum absolute atomic E-state index is 12.8. The lowest BCUT2D eigenvalue weighted by atomic mass is 10.0. The van der Waals surface area contributed by atoms with Crippen LogP contribution in [0.5, 0.6) is 0 Å². The minimum absolute atomic E-state index is 0.0480. The summed E-state index contributed by atoms with van der Waals surface area (Å²) >= 11 is 6.23. The van der Waals surface area contributed by atoms with Gasteiger partial charge in [-0.2, -0.15) is 5.10 Å². The number of aromatic amines is 1. The first-order valence-corrected chi connectivity index (χ1v) is 12.5. The van der Waals surface area contributed by atoms with E-state index in [9.17, 15) is 8.42 Å². The van der Waals surface area contributed by atoms with Crippen LogP contribution in [-0.2, 0) is 10.0 Å². The van der Waals surface area contributed by atoms with Crippen LogP contribution in [0.3, 0.4) is 0 Å². The van der Waals surface area contributed by atoms with Crippen molar-refractivity contribution in [3.8, 4) is 22.4 Å². The van der Waals surface area contributed by atoms with Crippen molar-refractivity contribution in [2.45, 2.75) is 4.90 Å². The average molecular weight is 505 g/mol. The van der Waals surface area contributed by atoms with Gasteiger partial charge < -0.3 is 4.90 Å². The summed E-state index contributed by atoms with van der Waals surface area (Å²) in [6.45, 7) is 0. The van der Waals surface area contributed by atoms with Gasteiger partial charge in [0.15, 0.2) is 10.8 Å². The monoisotopic (exact) mass is 504 g/mol. The van der Waals surface area contributed by atoms with E-state index in [1.54, 1.807) is 36.7 Å². The normalized spacial score (nSPS) is 11.5. The lowest BCUT2D eigenvalue weighted by molar-refractivity contribution is 0.601. The molecule has 5 aromatic rings. The minimum Gasteiger partial charge on any atom is -0.378 e. The van der Waals surface area contributed by atoms with Gasteiger partial charge in [0.1, 0.15) is 0 Å². The largest absolute Gasteiger partial charge is 0.378 e. The number of hydrogen-bond acceptors (Lipinski definition) is 6.